The number of carbonyl (C=O) groups is 1. The van der Waals surface area contributed by atoms with Crippen LogP contribution in [0.5, 0.6) is 0 Å². The molecule has 1 saturated heterocycles. The van der Waals surface area contributed by atoms with E-state index in [9.17, 15) is 31.1 Å². The van der Waals surface area contributed by atoms with E-state index in [2.05, 4.69) is 0 Å². The topological polar surface area (TPSA) is 46.3 Å². The van der Waals surface area contributed by atoms with Gasteiger partial charge in [0.15, 0.2) is 5.41 Å². The summed E-state index contributed by atoms with van der Waals surface area (Å²) >= 11 is 0. The van der Waals surface area contributed by atoms with E-state index in [1.807, 2.05) is 0 Å². The zero-order chi connectivity index (χ0) is 15.3. The Morgan fingerprint density at radius 3 is 1.79 bits per heavy atom. The minimum atomic E-state index is -5.46. The number of hydrogen-bond donors (Lipinski definition) is 1. The lowest BCUT2D eigenvalue weighted by molar-refractivity contribution is -0.334. The number of likely N-dealkylation sites (tertiary alicyclic amines) is 1. The third-order valence-electron chi connectivity index (χ3n) is 3.19. The van der Waals surface area contributed by atoms with Crippen molar-refractivity contribution in [2.45, 2.75) is 38.2 Å². The van der Waals surface area contributed by atoms with Crippen molar-refractivity contribution in [3.05, 3.63) is 0 Å². The molecule has 0 aliphatic carbocycles. The predicted molar refractivity (Wildman–Crippen MR) is 54.0 cm³/mol. The van der Waals surface area contributed by atoms with Crippen molar-refractivity contribution in [1.29, 1.82) is 0 Å². The third kappa shape index (κ3) is 2.65. The Morgan fingerprint density at radius 2 is 1.53 bits per heavy atom. The van der Waals surface area contributed by atoms with E-state index in [0.717, 1.165) is 0 Å². The van der Waals surface area contributed by atoms with Crippen LogP contribution in [-0.2, 0) is 4.79 Å². The van der Waals surface area contributed by atoms with Gasteiger partial charge in [0.2, 0.25) is 5.91 Å². The van der Waals surface area contributed by atoms with Gasteiger partial charge in [0.1, 0.15) is 0 Å². The first kappa shape index (κ1) is 16.1. The highest BCUT2D eigenvalue weighted by atomic mass is 19.4. The van der Waals surface area contributed by atoms with Gasteiger partial charge in [-0.3, -0.25) is 4.79 Å². The van der Waals surface area contributed by atoms with Gasteiger partial charge in [0, 0.05) is 13.1 Å². The largest absolute Gasteiger partial charge is 0.404 e. The maximum absolute atomic E-state index is 12.8. The molecule has 9 heteroatoms. The summed E-state index contributed by atoms with van der Waals surface area (Å²) in [6, 6.07) is 0. The lowest BCUT2D eigenvalue weighted by Crippen LogP contribution is -2.55. The van der Waals surface area contributed by atoms with E-state index >= 15 is 0 Å². The molecule has 19 heavy (non-hydrogen) atoms. The molecule has 2 N–H and O–H groups in total. The van der Waals surface area contributed by atoms with Gasteiger partial charge in [-0.25, -0.2) is 0 Å². The van der Waals surface area contributed by atoms with Crippen molar-refractivity contribution in [2.24, 2.45) is 11.1 Å². The molecule has 0 aromatic carbocycles. The lowest BCUT2D eigenvalue weighted by atomic mass is 9.85. The van der Waals surface area contributed by atoms with Crippen LogP contribution in [0.15, 0.2) is 0 Å². The molecule has 112 valence electrons. The van der Waals surface area contributed by atoms with Gasteiger partial charge >= 0.3 is 12.4 Å². The van der Waals surface area contributed by atoms with Crippen LogP contribution in [0.3, 0.4) is 0 Å². The molecule has 1 aliphatic rings. The maximum Gasteiger partial charge on any atom is 0.404 e. The Kier molecular flexibility index (Phi) is 3.60. The number of hydrogen-bond acceptors (Lipinski definition) is 2. The molecule has 1 heterocycles. The monoisotopic (exact) mass is 292 g/mol. The molecule has 3 nitrogen and oxygen atoms in total. The van der Waals surface area contributed by atoms with Crippen molar-refractivity contribution in [3.63, 3.8) is 0 Å². The minimum absolute atomic E-state index is 0.529. The SMILES string of the molecule is CC(C)(N)C(=O)N1CCC(C(F)(F)F)(C(F)(F)F)C1. The first-order valence-electron chi connectivity index (χ1n) is 5.44. The summed E-state index contributed by atoms with van der Waals surface area (Å²) < 4.78 is 76.5. The van der Waals surface area contributed by atoms with Gasteiger partial charge in [0.05, 0.1) is 5.54 Å². The fourth-order valence-electron chi connectivity index (χ4n) is 2.01. The molecule has 0 atom stereocenters. The molecule has 1 amide bonds. The summed E-state index contributed by atoms with van der Waals surface area (Å²) in [5, 5.41) is 0. The van der Waals surface area contributed by atoms with Crippen molar-refractivity contribution in [3.8, 4) is 0 Å². The fraction of sp³-hybridized carbons (Fsp3) is 0.900. The zero-order valence-corrected chi connectivity index (χ0v) is 10.3. The van der Waals surface area contributed by atoms with Crippen LogP contribution in [0.1, 0.15) is 20.3 Å². The summed E-state index contributed by atoms with van der Waals surface area (Å²) in [5.41, 5.74) is 0.0449. The standard InChI is InChI=1S/C10H14F6N2O/c1-7(2,17)6(19)18-4-3-8(5-18,9(11,12)13)10(14,15)16/h3-5,17H2,1-2H3. The molecule has 1 fully saturated rings. The number of rotatable bonds is 1. The van der Waals surface area contributed by atoms with Crippen LogP contribution >= 0.6 is 0 Å². The molecule has 0 radical (unpaired) electrons. The van der Waals surface area contributed by atoms with Gasteiger partial charge in [0.25, 0.3) is 0 Å². The predicted octanol–water partition coefficient (Wildman–Crippen LogP) is 2.07. The van der Waals surface area contributed by atoms with Crippen molar-refractivity contribution in [1.82, 2.24) is 4.90 Å². The van der Waals surface area contributed by atoms with E-state index in [1.165, 1.54) is 13.8 Å². The fourth-order valence-corrected chi connectivity index (χ4v) is 2.01. The molecule has 0 bridgehead atoms. The number of carbonyl (C=O) groups excluding carboxylic acids is 1. The number of nitrogens with two attached hydrogens (primary N) is 1. The van der Waals surface area contributed by atoms with Crippen molar-refractivity contribution < 1.29 is 31.1 Å². The molecule has 0 saturated carbocycles. The summed E-state index contributed by atoms with van der Waals surface area (Å²) in [4.78, 5) is 12.2. The quantitative estimate of drug-likeness (QED) is 0.752. The van der Waals surface area contributed by atoms with Crippen LogP contribution in [0.2, 0.25) is 0 Å². The van der Waals surface area contributed by atoms with E-state index in [-0.39, 0.29) is 0 Å². The molecule has 0 aromatic heterocycles. The normalized spacial score (nSPS) is 20.8. The molecule has 0 spiro atoms. The first-order chi connectivity index (χ1) is 8.22. The second-order valence-electron chi connectivity index (χ2n) is 5.28. The van der Waals surface area contributed by atoms with Crippen LogP contribution in [-0.4, -0.2) is 41.8 Å². The Morgan fingerprint density at radius 1 is 1.11 bits per heavy atom. The van der Waals surface area contributed by atoms with Gasteiger partial charge in [-0.1, -0.05) is 0 Å². The average Bonchev–Trinajstić information content (AvgIpc) is 2.58. The highest BCUT2D eigenvalue weighted by Gasteiger charge is 2.73. The van der Waals surface area contributed by atoms with Gasteiger partial charge in [-0.15, -0.1) is 0 Å². The summed E-state index contributed by atoms with van der Waals surface area (Å²) in [6.07, 6.45) is -12.1. The number of halogens is 6. The number of alkyl halides is 6. The van der Waals surface area contributed by atoms with Crippen LogP contribution in [0, 0.1) is 5.41 Å². The van der Waals surface area contributed by atoms with E-state index < -0.39 is 48.7 Å². The number of amides is 1. The molecular weight excluding hydrogens is 278 g/mol. The van der Waals surface area contributed by atoms with Gasteiger partial charge < -0.3 is 10.6 Å². The van der Waals surface area contributed by atoms with Crippen molar-refractivity contribution in [2.75, 3.05) is 13.1 Å². The molecule has 1 aliphatic heterocycles. The first-order valence-corrected chi connectivity index (χ1v) is 5.44. The van der Waals surface area contributed by atoms with E-state index in [1.54, 1.807) is 0 Å². The highest BCUT2D eigenvalue weighted by Crippen LogP contribution is 2.55. The van der Waals surface area contributed by atoms with Crippen molar-refractivity contribution >= 4 is 5.91 Å². The molecule has 1 rings (SSSR count). The molecule has 0 aromatic rings. The van der Waals surface area contributed by atoms with Gasteiger partial charge in [-0.05, 0) is 20.3 Å². The smallest absolute Gasteiger partial charge is 0.340 e. The molecular formula is C10H14F6N2O. The van der Waals surface area contributed by atoms with E-state index in [0.29, 0.717) is 4.90 Å². The summed E-state index contributed by atoms with van der Waals surface area (Å²) in [5.74, 6) is -0.928. The van der Waals surface area contributed by atoms with Crippen LogP contribution < -0.4 is 5.73 Å². The highest BCUT2D eigenvalue weighted by molar-refractivity contribution is 5.85. The van der Waals surface area contributed by atoms with Gasteiger partial charge in [-0.2, -0.15) is 26.3 Å². The van der Waals surface area contributed by atoms with Crippen LogP contribution in [0.25, 0.3) is 0 Å². The second-order valence-corrected chi connectivity index (χ2v) is 5.28. The second kappa shape index (κ2) is 4.26. The van der Waals surface area contributed by atoms with E-state index in [4.69, 9.17) is 5.73 Å². The Hall–Kier alpha value is -0.990. The van der Waals surface area contributed by atoms with Crippen LogP contribution in [0.4, 0.5) is 26.3 Å². The lowest BCUT2D eigenvalue weighted by Gasteiger charge is -2.34. The minimum Gasteiger partial charge on any atom is -0.340 e. The summed E-state index contributed by atoms with van der Waals surface area (Å²) in [6.45, 7) is 0.422. The Balaban J connectivity index is 3.08. The maximum atomic E-state index is 12.8. The molecule has 0 unspecified atom stereocenters. The number of nitrogens with zero attached hydrogens (tertiary/aromatic N) is 1. The Bertz CT molecular complexity index is 354. The third-order valence-corrected chi connectivity index (χ3v) is 3.19. The average molecular weight is 292 g/mol. The summed E-state index contributed by atoms with van der Waals surface area (Å²) in [7, 11) is 0. The zero-order valence-electron chi connectivity index (χ0n) is 10.3. The Labute approximate surface area is 105 Å².